The Hall–Kier alpha value is -2.58. The largest absolute Gasteiger partial charge is 0.318 e. The van der Waals surface area contributed by atoms with E-state index < -0.39 is 20.2 Å². The fraction of sp³-hybridized carbons (Fsp3) is 0. The summed E-state index contributed by atoms with van der Waals surface area (Å²) in [6.45, 7) is 0. The molecule has 2 rings (SSSR count). The second-order valence-electron chi connectivity index (χ2n) is 4.16. The standard InChI is InChI=1S/C14H12N2O6S2/c17-23(18,13-7-3-1-4-8-13)21-15-11-12-16-22-24(19,20)14-9-5-2-6-10-14/h1-10,15-16H. The van der Waals surface area contributed by atoms with E-state index in [0.29, 0.717) is 0 Å². The first-order valence-electron chi connectivity index (χ1n) is 6.39. The van der Waals surface area contributed by atoms with Crippen LogP contribution in [-0.2, 0) is 28.8 Å². The molecule has 0 unspecified atom stereocenters. The third kappa shape index (κ3) is 4.97. The first-order valence-corrected chi connectivity index (χ1v) is 9.20. The number of hydrogen-bond donors (Lipinski definition) is 2. The van der Waals surface area contributed by atoms with Gasteiger partial charge in [-0.15, -0.1) is 8.57 Å². The van der Waals surface area contributed by atoms with E-state index in [0.717, 1.165) is 0 Å². The van der Waals surface area contributed by atoms with Crippen molar-refractivity contribution >= 4 is 20.2 Å². The lowest BCUT2D eigenvalue weighted by atomic mass is 10.4. The maximum Gasteiger partial charge on any atom is 0.318 e. The maximum atomic E-state index is 11.7. The molecule has 0 aliphatic carbocycles. The summed E-state index contributed by atoms with van der Waals surface area (Å²) in [5, 5.41) is 0. The van der Waals surface area contributed by atoms with Crippen molar-refractivity contribution in [3.63, 3.8) is 0 Å². The van der Waals surface area contributed by atoms with Gasteiger partial charge in [-0.3, -0.25) is 0 Å². The molecule has 0 spiro atoms. The van der Waals surface area contributed by atoms with E-state index in [1.165, 1.54) is 48.5 Å². The van der Waals surface area contributed by atoms with Crippen LogP contribution in [0.15, 0.2) is 70.5 Å². The van der Waals surface area contributed by atoms with Crippen molar-refractivity contribution in [2.45, 2.75) is 9.79 Å². The van der Waals surface area contributed by atoms with Crippen LogP contribution in [0.4, 0.5) is 0 Å². The van der Waals surface area contributed by atoms with Crippen molar-refractivity contribution in [1.29, 1.82) is 0 Å². The van der Waals surface area contributed by atoms with Gasteiger partial charge < -0.3 is 0 Å². The van der Waals surface area contributed by atoms with Crippen LogP contribution < -0.4 is 11.0 Å². The van der Waals surface area contributed by atoms with Gasteiger partial charge in [0.1, 0.15) is 0 Å². The van der Waals surface area contributed by atoms with E-state index in [9.17, 15) is 16.8 Å². The van der Waals surface area contributed by atoms with Crippen LogP contribution in [-0.4, -0.2) is 16.8 Å². The Kier molecular flexibility index (Phi) is 5.78. The monoisotopic (exact) mass is 368 g/mol. The Morgan fingerprint density at radius 1 is 0.625 bits per heavy atom. The Balaban J connectivity index is 1.85. The van der Waals surface area contributed by atoms with Gasteiger partial charge in [0.2, 0.25) is 0 Å². The van der Waals surface area contributed by atoms with E-state index in [4.69, 9.17) is 0 Å². The van der Waals surface area contributed by atoms with Crippen molar-refractivity contribution in [1.82, 2.24) is 11.0 Å². The average Bonchev–Trinajstić information content (AvgIpc) is 2.59. The topological polar surface area (TPSA) is 111 Å². The molecule has 0 heterocycles. The molecule has 126 valence electrons. The lowest BCUT2D eigenvalue weighted by Crippen LogP contribution is -2.18. The van der Waals surface area contributed by atoms with Crippen molar-refractivity contribution in [2.75, 3.05) is 0 Å². The Morgan fingerprint density at radius 3 is 1.29 bits per heavy atom. The summed E-state index contributed by atoms with van der Waals surface area (Å²) in [5.41, 5.74) is 3.73. The van der Waals surface area contributed by atoms with Gasteiger partial charge >= 0.3 is 20.2 Å². The van der Waals surface area contributed by atoms with Crippen LogP contribution in [0.25, 0.3) is 0 Å². The Bertz CT molecular complexity index is 856. The molecular weight excluding hydrogens is 356 g/mol. The molecule has 0 amide bonds. The third-order valence-electron chi connectivity index (χ3n) is 2.53. The van der Waals surface area contributed by atoms with E-state index >= 15 is 0 Å². The Morgan fingerprint density at radius 2 is 0.958 bits per heavy atom. The molecule has 0 aromatic heterocycles. The van der Waals surface area contributed by atoms with Crippen LogP contribution in [0.1, 0.15) is 0 Å². The maximum absolute atomic E-state index is 11.7. The highest BCUT2D eigenvalue weighted by molar-refractivity contribution is 7.87. The van der Waals surface area contributed by atoms with Crippen LogP contribution >= 0.6 is 0 Å². The highest BCUT2D eigenvalue weighted by atomic mass is 32.2. The number of nitrogens with one attached hydrogen (secondary N) is 2. The van der Waals surface area contributed by atoms with Gasteiger partial charge in [-0.05, 0) is 24.3 Å². The van der Waals surface area contributed by atoms with Crippen molar-refractivity contribution < 1.29 is 25.4 Å². The predicted molar refractivity (Wildman–Crippen MR) is 83.5 cm³/mol. The number of hydrogen-bond acceptors (Lipinski definition) is 8. The van der Waals surface area contributed by atoms with E-state index in [-0.39, 0.29) is 9.79 Å². The lowest BCUT2D eigenvalue weighted by Gasteiger charge is -2.03. The average molecular weight is 368 g/mol. The second-order valence-corrected chi connectivity index (χ2v) is 7.25. The highest BCUT2D eigenvalue weighted by Crippen LogP contribution is 2.10. The lowest BCUT2D eigenvalue weighted by molar-refractivity contribution is 0.248. The van der Waals surface area contributed by atoms with Gasteiger partial charge in [-0.2, -0.15) is 16.8 Å². The van der Waals surface area contributed by atoms with Gasteiger partial charge in [0.15, 0.2) is 0 Å². The minimum atomic E-state index is -4.02. The number of hydroxylamine groups is 2. The van der Waals surface area contributed by atoms with Crippen LogP contribution in [0.5, 0.6) is 0 Å². The van der Waals surface area contributed by atoms with Gasteiger partial charge in [0.25, 0.3) is 0 Å². The number of rotatable bonds is 6. The van der Waals surface area contributed by atoms with Crippen LogP contribution in [0, 0.1) is 12.1 Å². The van der Waals surface area contributed by atoms with Crippen LogP contribution in [0.3, 0.4) is 0 Å². The molecule has 2 aromatic carbocycles. The zero-order valence-electron chi connectivity index (χ0n) is 12.0. The molecule has 2 aromatic rings. The smallest absolute Gasteiger partial charge is 0.204 e. The van der Waals surface area contributed by atoms with Gasteiger partial charge in [0.05, 0.1) is 21.9 Å². The molecule has 0 aliphatic rings. The second kappa shape index (κ2) is 7.80. The first-order chi connectivity index (χ1) is 11.4. The minimum absolute atomic E-state index is 0.0600. The van der Waals surface area contributed by atoms with E-state index in [2.05, 4.69) is 8.57 Å². The van der Waals surface area contributed by atoms with E-state index in [1.807, 2.05) is 23.0 Å². The molecule has 0 bridgehead atoms. The van der Waals surface area contributed by atoms with E-state index in [1.54, 1.807) is 12.1 Å². The molecule has 2 N–H and O–H groups in total. The zero-order valence-corrected chi connectivity index (χ0v) is 13.7. The van der Waals surface area contributed by atoms with Gasteiger partial charge in [0, 0.05) is 0 Å². The minimum Gasteiger partial charge on any atom is -0.204 e. The fourth-order valence-corrected chi connectivity index (χ4v) is 2.95. The molecule has 0 fully saturated rings. The van der Waals surface area contributed by atoms with Gasteiger partial charge in [-0.25, -0.2) is 11.0 Å². The molecule has 0 atom stereocenters. The SMILES string of the molecule is O=S(=O)(ONC#CNOS(=O)(=O)c1ccccc1)c1ccccc1. The zero-order chi connectivity index (χ0) is 17.5. The molecule has 0 aliphatic heterocycles. The van der Waals surface area contributed by atoms with Crippen molar-refractivity contribution in [3.05, 3.63) is 60.7 Å². The summed E-state index contributed by atoms with van der Waals surface area (Å²) in [4.78, 5) is -0.120. The third-order valence-corrected chi connectivity index (χ3v) is 4.84. The summed E-state index contributed by atoms with van der Waals surface area (Å²) in [6, 6.07) is 18.9. The summed E-state index contributed by atoms with van der Waals surface area (Å²) >= 11 is 0. The molecule has 0 saturated carbocycles. The molecule has 24 heavy (non-hydrogen) atoms. The first kappa shape index (κ1) is 17.8. The molecule has 8 nitrogen and oxygen atoms in total. The molecular formula is C14H12N2O6S2. The normalized spacial score (nSPS) is 11.2. The summed E-state index contributed by atoms with van der Waals surface area (Å²) in [5.74, 6) is 0. The fourth-order valence-electron chi connectivity index (χ4n) is 1.47. The molecule has 0 saturated heterocycles. The summed E-state index contributed by atoms with van der Waals surface area (Å²) < 4.78 is 55.7. The summed E-state index contributed by atoms with van der Waals surface area (Å²) in [7, 11) is -8.04. The highest BCUT2D eigenvalue weighted by Gasteiger charge is 2.15. The number of benzene rings is 2. The predicted octanol–water partition coefficient (Wildman–Crippen LogP) is 0.725. The molecule has 10 heteroatoms. The Labute approximate surface area is 139 Å². The van der Waals surface area contributed by atoms with Crippen molar-refractivity contribution in [2.24, 2.45) is 0 Å². The van der Waals surface area contributed by atoms with Crippen molar-refractivity contribution in [3.8, 4) is 12.1 Å². The quantitative estimate of drug-likeness (QED) is 0.436. The van der Waals surface area contributed by atoms with Gasteiger partial charge in [-0.1, -0.05) is 36.4 Å². The molecule has 0 radical (unpaired) electrons. The van der Waals surface area contributed by atoms with Crippen LogP contribution in [0.2, 0.25) is 0 Å². The summed E-state index contributed by atoms with van der Waals surface area (Å²) in [6.07, 6.45) is 0.